The predicted octanol–water partition coefficient (Wildman–Crippen LogP) is 5.42. The van der Waals surface area contributed by atoms with Crippen molar-refractivity contribution in [3.63, 3.8) is 0 Å². The minimum Gasteiger partial charge on any atom is -0.302 e. The molecule has 1 amide bonds. The van der Waals surface area contributed by atoms with Gasteiger partial charge in [0.05, 0.1) is 25.7 Å². The maximum atomic E-state index is 11.9. The summed E-state index contributed by atoms with van der Waals surface area (Å²) < 4.78 is 1.40. The van der Waals surface area contributed by atoms with Gasteiger partial charge in [-0.15, -0.1) is 34.0 Å². The molecule has 0 aliphatic heterocycles. The predicted molar refractivity (Wildman–Crippen MR) is 92.1 cm³/mol. The molecule has 108 valence electrons. The van der Waals surface area contributed by atoms with E-state index >= 15 is 0 Å². The largest absolute Gasteiger partial charge is 0.302 e. The number of rotatable bonds is 4. The van der Waals surface area contributed by atoms with Gasteiger partial charge in [-0.1, -0.05) is 23.2 Å². The number of nitrogens with zero attached hydrogens (tertiary/aromatic N) is 1. The Balaban J connectivity index is 1.65. The fraction of sp³-hybridized carbons (Fsp3) is 0.0769. The van der Waals surface area contributed by atoms with Crippen LogP contribution >= 0.6 is 57.2 Å². The van der Waals surface area contributed by atoms with Gasteiger partial charge in [-0.25, -0.2) is 4.98 Å². The molecule has 0 atom stereocenters. The van der Waals surface area contributed by atoms with Crippen LogP contribution in [-0.2, 0) is 11.2 Å². The summed E-state index contributed by atoms with van der Waals surface area (Å²) in [4.78, 5) is 18.3. The second kappa shape index (κ2) is 6.46. The molecule has 3 rings (SSSR count). The summed E-state index contributed by atoms with van der Waals surface area (Å²) in [6.45, 7) is 0. The molecule has 0 saturated heterocycles. The van der Waals surface area contributed by atoms with E-state index in [0.717, 1.165) is 19.8 Å². The van der Waals surface area contributed by atoms with E-state index in [1.165, 1.54) is 34.0 Å². The molecular formula is C13H8Cl2N2OS3. The number of hydrogen-bond acceptors (Lipinski definition) is 5. The van der Waals surface area contributed by atoms with Crippen LogP contribution in [0.3, 0.4) is 0 Å². The third-order valence-corrected chi connectivity index (χ3v) is 5.78. The van der Waals surface area contributed by atoms with Crippen LogP contribution < -0.4 is 5.32 Å². The van der Waals surface area contributed by atoms with Gasteiger partial charge in [0, 0.05) is 10.3 Å². The van der Waals surface area contributed by atoms with Crippen molar-refractivity contribution in [1.29, 1.82) is 0 Å². The van der Waals surface area contributed by atoms with E-state index in [2.05, 4.69) is 10.3 Å². The third kappa shape index (κ3) is 3.84. The van der Waals surface area contributed by atoms with Gasteiger partial charge < -0.3 is 5.32 Å². The Hall–Kier alpha value is -0.920. The van der Waals surface area contributed by atoms with E-state index in [1.807, 2.05) is 23.6 Å². The number of thiophene rings is 2. The molecule has 3 aromatic heterocycles. The topological polar surface area (TPSA) is 42.0 Å². The summed E-state index contributed by atoms with van der Waals surface area (Å²) in [5.41, 5.74) is 0.825. The van der Waals surface area contributed by atoms with E-state index < -0.39 is 0 Å². The minimum atomic E-state index is -0.0985. The highest BCUT2D eigenvalue weighted by atomic mass is 35.5. The number of anilines is 1. The van der Waals surface area contributed by atoms with Crippen LogP contribution in [0.15, 0.2) is 29.6 Å². The fourth-order valence-corrected chi connectivity index (χ4v) is 4.56. The van der Waals surface area contributed by atoms with Crippen molar-refractivity contribution in [2.75, 3.05) is 5.32 Å². The summed E-state index contributed by atoms with van der Waals surface area (Å²) >= 11 is 16.0. The summed E-state index contributed by atoms with van der Waals surface area (Å²) in [6, 6.07) is 7.39. The maximum absolute atomic E-state index is 11.9. The lowest BCUT2D eigenvalue weighted by Gasteiger charge is -1.99. The van der Waals surface area contributed by atoms with Gasteiger partial charge in [-0.05, 0) is 24.3 Å². The molecule has 0 fully saturated rings. The number of carbonyl (C=O) groups excluding carboxylic acids is 1. The second-order valence-corrected chi connectivity index (χ2v) is 8.45. The Bertz CT molecular complexity index is 778. The zero-order chi connectivity index (χ0) is 14.8. The average molecular weight is 375 g/mol. The van der Waals surface area contributed by atoms with Gasteiger partial charge in [0.25, 0.3) is 0 Å². The number of halogens is 2. The first kappa shape index (κ1) is 15.0. The molecule has 21 heavy (non-hydrogen) atoms. The lowest BCUT2D eigenvalue weighted by molar-refractivity contribution is -0.115. The van der Waals surface area contributed by atoms with Crippen molar-refractivity contribution in [1.82, 2.24) is 4.98 Å². The molecule has 0 aliphatic rings. The Morgan fingerprint density at radius 3 is 2.57 bits per heavy atom. The molecule has 0 aromatic carbocycles. The average Bonchev–Trinajstić information content (AvgIpc) is 3.12. The van der Waals surface area contributed by atoms with Crippen molar-refractivity contribution in [2.24, 2.45) is 0 Å². The van der Waals surface area contributed by atoms with Crippen molar-refractivity contribution in [2.45, 2.75) is 6.42 Å². The number of thiazole rings is 1. The highest BCUT2D eigenvalue weighted by molar-refractivity contribution is 7.20. The quantitative estimate of drug-likeness (QED) is 0.662. The Kier molecular flexibility index (Phi) is 4.61. The highest BCUT2D eigenvalue weighted by Gasteiger charge is 2.11. The third-order valence-electron chi connectivity index (χ3n) is 2.54. The standard InChI is InChI=1S/C13H8Cl2N2OS3/c14-10-3-1-7(20-10)5-12(18)17-13-16-8(6-19-13)9-2-4-11(15)21-9/h1-4,6H,5H2,(H,16,17,18). The molecular weight excluding hydrogens is 367 g/mol. The number of aromatic nitrogens is 1. The van der Waals surface area contributed by atoms with Gasteiger partial charge >= 0.3 is 0 Å². The molecule has 3 heterocycles. The van der Waals surface area contributed by atoms with E-state index in [4.69, 9.17) is 23.2 Å². The van der Waals surface area contributed by atoms with Crippen LogP contribution in [0.5, 0.6) is 0 Å². The first-order valence-corrected chi connectivity index (χ1v) is 9.12. The van der Waals surface area contributed by atoms with Gasteiger partial charge in [0.1, 0.15) is 0 Å². The molecule has 3 aromatic rings. The van der Waals surface area contributed by atoms with Gasteiger partial charge in [0.15, 0.2) is 5.13 Å². The van der Waals surface area contributed by atoms with E-state index in [9.17, 15) is 4.79 Å². The van der Waals surface area contributed by atoms with Crippen molar-refractivity contribution in [3.8, 4) is 10.6 Å². The molecule has 0 spiro atoms. The molecule has 0 aliphatic carbocycles. The maximum Gasteiger partial charge on any atom is 0.231 e. The molecule has 0 unspecified atom stereocenters. The van der Waals surface area contributed by atoms with Crippen molar-refractivity contribution in [3.05, 3.63) is 43.2 Å². The first-order chi connectivity index (χ1) is 10.1. The van der Waals surface area contributed by atoms with Crippen LogP contribution in [-0.4, -0.2) is 10.9 Å². The molecule has 1 N–H and O–H groups in total. The number of amides is 1. The highest BCUT2D eigenvalue weighted by Crippen LogP contribution is 2.33. The lowest BCUT2D eigenvalue weighted by Crippen LogP contribution is -2.13. The zero-order valence-electron chi connectivity index (χ0n) is 10.4. The van der Waals surface area contributed by atoms with E-state index in [0.29, 0.717) is 15.9 Å². The normalized spacial score (nSPS) is 10.8. The Labute approximate surface area is 143 Å². The van der Waals surface area contributed by atoms with Gasteiger partial charge in [0.2, 0.25) is 5.91 Å². The second-order valence-electron chi connectivity index (χ2n) is 4.07. The van der Waals surface area contributed by atoms with Crippen LogP contribution in [0.4, 0.5) is 5.13 Å². The van der Waals surface area contributed by atoms with Crippen LogP contribution in [0.25, 0.3) is 10.6 Å². The first-order valence-electron chi connectivity index (χ1n) is 5.85. The van der Waals surface area contributed by atoms with Gasteiger partial charge in [-0.2, -0.15) is 0 Å². The fourth-order valence-electron chi connectivity index (χ4n) is 1.66. The molecule has 3 nitrogen and oxygen atoms in total. The number of carbonyl (C=O) groups is 1. The van der Waals surface area contributed by atoms with Crippen molar-refractivity contribution < 1.29 is 4.79 Å². The monoisotopic (exact) mass is 374 g/mol. The summed E-state index contributed by atoms with van der Waals surface area (Å²) in [6.07, 6.45) is 0.303. The molecule has 0 saturated carbocycles. The number of nitrogens with one attached hydrogen (secondary N) is 1. The van der Waals surface area contributed by atoms with Crippen LogP contribution in [0.1, 0.15) is 4.88 Å². The zero-order valence-corrected chi connectivity index (χ0v) is 14.4. The Morgan fingerprint density at radius 2 is 1.90 bits per heavy atom. The Morgan fingerprint density at radius 1 is 1.14 bits per heavy atom. The van der Waals surface area contributed by atoms with Crippen LogP contribution in [0.2, 0.25) is 8.67 Å². The smallest absolute Gasteiger partial charge is 0.231 e. The molecule has 8 heteroatoms. The molecule has 0 radical (unpaired) electrons. The summed E-state index contributed by atoms with van der Waals surface area (Å²) in [7, 11) is 0. The van der Waals surface area contributed by atoms with E-state index in [1.54, 1.807) is 6.07 Å². The SMILES string of the molecule is O=C(Cc1ccc(Cl)s1)Nc1nc(-c2ccc(Cl)s2)cs1. The van der Waals surface area contributed by atoms with E-state index in [-0.39, 0.29) is 5.91 Å². The lowest BCUT2D eigenvalue weighted by atomic mass is 10.3. The molecule has 0 bridgehead atoms. The van der Waals surface area contributed by atoms with Crippen molar-refractivity contribution >= 4 is 68.3 Å². The minimum absolute atomic E-state index is 0.0985. The number of hydrogen-bond donors (Lipinski definition) is 1. The van der Waals surface area contributed by atoms with Gasteiger partial charge in [-0.3, -0.25) is 4.79 Å². The summed E-state index contributed by atoms with van der Waals surface area (Å²) in [5.74, 6) is -0.0985. The summed E-state index contributed by atoms with van der Waals surface area (Å²) in [5, 5.41) is 5.29. The van der Waals surface area contributed by atoms with Crippen LogP contribution in [0, 0.1) is 0 Å².